The van der Waals surface area contributed by atoms with Crippen LogP contribution in [0.4, 0.5) is 0 Å². The van der Waals surface area contributed by atoms with Crippen LogP contribution in [0.25, 0.3) is 10.2 Å². The van der Waals surface area contributed by atoms with E-state index in [9.17, 15) is 9.59 Å². The Morgan fingerprint density at radius 3 is 2.82 bits per heavy atom. The Kier molecular flexibility index (Phi) is 4.35. The van der Waals surface area contributed by atoms with E-state index >= 15 is 0 Å². The van der Waals surface area contributed by atoms with Crippen molar-refractivity contribution in [3.63, 3.8) is 0 Å². The van der Waals surface area contributed by atoms with Crippen LogP contribution in [-0.4, -0.2) is 51.0 Å². The molecule has 0 radical (unpaired) electrons. The monoisotopic (exact) mass is 395 g/mol. The van der Waals surface area contributed by atoms with E-state index in [1.807, 2.05) is 22.4 Å². The van der Waals surface area contributed by atoms with Gasteiger partial charge in [0.1, 0.15) is 4.83 Å². The van der Waals surface area contributed by atoms with Gasteiger partial charge in [-0.05, 0) is 47.8 Å². The van der Waals surface area contributed by atoms with Gasteiger partial charge in [-0.3, -0.25) is 14.7 Å². The number of likely N-dealkylation sites (tertiary alicyclic amines) is 1. The van der Waals surface area contributed by atoms with Crippen LogP contribution < -0.4 is 5.32 Å². The summed E-state index contributed by atoms with van der Waals surface area (Å²) in [7, 11) is 0. The molecule has 5 rings (SSSR count). The van der Waals surface area contributed by atoms with Gasteiger partial charge in [0.15, 0.2) is 0 Å². The highest BCUT2D eigenvalue weighted by molar-refractivity contribution is 7.16. The molecule has 3 aromatic rings. The van der Waals surface area contributed by atoms with Gasteiger partial charge in [0, 0.05) is 36.9 Å². The molecule has 1 saturated heterocycles. The fourth-order valence-corrected chi connectivity index (χ4v) is 5.25. The van der Waals surface area contributed by atoms with E-state index in [4.69, 9.17) is 0 Å². The van der Waals surface area contributed by atoms with E-state index in [0.29, 0.717) is 23.8 Å². The number of nitrogens with zero attached hydrogens (tertiary/aromatic N) is 3. The third-order valence-corrected chi connectivity index (χ3v) is 6.75. The number of aromatic amines is 1. The summed E-state index contributed by atoms with van der Waals surface area (Å²) in [5, 5.41) is 12.8. The molecule has 28 heavy (non-hydrogen) atoms. The molecule has 2 fully saturated rings. The van der Waals surface area contributed by atoms with Crippen LogP contribution in [-0.2, 0) is 11.2 Å². The summed E-state index contributed by atoms with van der Waals surface area (Å²) in [6.07, 6.45) is 7.37. The summed E-state index contributed by atoms with van der Waals surface area (Å²) in [5.41, 5.74) is 1.53. The zero-order valence-electron chi connectivity index (χ0n) is 15.3. The predicted octanol–water partition coefficient (Wildman–Crippen LogP) is 2.23. The average Bonchev–Trinajstić information content (AvgIpc) is 3.44. The first-order valence-electron chi connectivity index (χ1n) is 9.55. The molecule has 2 unspecified atom stereocenters. The van der Waals surface area contributed by atoms with Crippen molar-refractivity contribution in [1.29, 1.82) is 0 Å². The Morgan fingerprint density at radius 2 is 2.07 bits per heavy atom. The molecule has 2 N–H and O–H groups in total. The van der Waals surface area contributed by atoms with E-state index in [-0.39, 0.29) is 17.9 Å². The predicted molar refractivity (Wildman–Crippen MR) is 106 cm³/mol. The lowest BCUT2D eigenvalue weighted by Gasteiger charge is -2.20. The fraction of sp³-hybridized carbons (Fsp3) is 0.400. The first-order valence-corrected chi connectivity index (χ1v) is 10.4. The summed E-state index contributed by atoms with van der Waals surface area (Å²) in [6.45, 7) is 1.58. The molecular formula is C20H21N5O2S. The number of amides is 2. The van der Waals surface area contributed by atoms with E-state index < -0.39 is 0 Å². The van der Waals surface area contributed by atoms with E-state index in [1.165, 1.54) is 0 Å². The van der Waals surface area contributed by atoms with E-state index in [1.54, 1.807) is 29.9 Å². The van der Waals surface area contributed by atoms with Crippen molar-refractivity contribution in [2.24, 2.45) is 11.8 Å². The molecule has 0 bridgehead atoms. The average molecular weight is 395 g/mol. The maximum Gasteiger partial charge on any atom is 0.253 e. The van der Waals surface area contributed by atoms with Gasteiger partial charge < -0.3 is 10.2 Å². The minimum Gasteiger partial charge on any atom is -0.349 e. The van der Waals surface area contributed by atoms with Gasteiger partial charge in [-0.1, -0.05) is 0 Å². The van der Waals surface area contributed by atoms with Crippen LogP contribution in [0.2, 0.25) is 0 Å². The molecule has 3 aromatic heterocycles. The zero-order chi connectivity index (χ0) is 19.1. The standard InChI is InChI=1S/C20H21N5O2S/c26-18(3-12-7-22-23-8-12)25-10-15-5-17(6-16(15)11-25)24-19(27)14-4-13-1-2-28-20(13)21-9-14/h1-2,4,7-9,15-17H,3,5-6,10-11H2,(H,22,23)(H,24,27). The van der Waals surface area contributed by atoms with Crippen molar-refractivity contribution < 1.29 is 9.59 Å². The quantitative estimate of drug-likeness (QED) is 0.709. The molecule has 8 heteroatoms. The van der Waals surface area contributed by atoms with Crippen molar-refractivity contribution in [3.8, 4) is 0 Å². The largest absolute Gasteiger partial charge is 0.349 e. The molecule has 2 atom stereocenters. The minimum absolute atomic E-state index is 0.0570. The van der Waals surface area contributed by atoms with Crippen LogP contribution >= 0.6 is 11.3 Å². The van der Waals surface area contributed by atoms with Crippen LogP contribution in [0.15, 0.2) is 36.1 Å². The molecular weight excluding hydrogens is 374 g/mol. The molecule has 0 spiro atoms. The van der Waals surface area contributed by atoms with Crippen molar-refractivity contribution in [3.05, 3.63) is 47.2 Å². The van der Waals surface area contributed by atoms with Crippen LogP contribution in [0, 0.1) is 11.8 Å². The summed E-state index contributed by atoms with van der Waals surface area (Å²) in [6, 6.07) is 4.06. The number of carbonyl (C=O) groups excluding carboxylic acids is 2. The number of hydrogen-bond acceptors (Lipinski definition) is 5. The summed E-state index contributed by atoms with van der Waals surface area (Å²) < 4.78 is 0. The number of aromatic nitrogens is 3. The molecule has 7 nitrogen and oxygen atoms in total. The summed E-state index contributed by atoms with van der Waals surface area (Å²) in [4.78, 5) is 32.4. The second-order valence-corrected chi connectivity index (χ2v) is 8.68. The van der Waals surface area contributed by atoms with Gasteiger partial charge >= 0.3 is 0 Å². The lowest BCUT2D eigenvalue weighted by molar-refractivity contribution is -0.129. The Hall–Kier alpha value is -2.74. The minimum atomic E-state index is -0.0570. The molecule has 1 saturated carbocycles. The van der Waals surface area contributed by atoms with Gasteiger partial charge in [0.2, 0.25) is 5.91 Å². The van der Waals surface area contributed by atoms with Crippen molar-refractivity contribution in [1.82, 2.24) is 25.4 Å². The number of rotatable bonds is 4. The van der Waals surface area contributed by atoms with Crippen molar-refractivity contribution in [2.45, 2.75) is 25.3 Å². The van der Waals surface area contributed by atoms with Gasteiger partial charge in [-0.2, -0.15) is 5.10 Å². The maximum absolute atomic E-state index is 12.6. The number of hydrogen-bond donors (Lipinski definition) is 2. The number of fused-ring (bicyclic) bond motifs is 2. The van der Waals surface area contributed by atoms with Gasteiger partial charge in [-0.15, -0.1) is 11.3 Å². The Labute approximate surface area is 166 Å². The topological polar surface area (TPSA) is 91.0 Å². The van der Waals surface area contributed by atoms with Crippen LogP contribution in [0.1, 0.15) is 28.8 Å². The molecule has 0 aromatic carbocycles. The Bertz CT molecular complexity index is 1000. The van der Waals surface area contributed by atoms with Gasteiger partial charge in [-0.25, -0.2) is 4.98 Å². The molecule has 144 valence electrons. The highest BCUT2D eigenvalue weighted by Crippen LogP contribution is 2.38. The first-order chi connectivity index (χ1) is 13.7. The van der Waals surface area contributed by atoms with E-state index in [2.05, 4.69) is 20.5 Å². The Balaban J connectivity index is 1.16. The SMILES string of the molecule is O=C(NC1CC2CN(C(=O)Cc3cn[nH]c3)CC2C1)c1cnc2sccc2c1. The van der Waals surface area contributed by atoms with Crippen molar-refractivity contribution >= 4 is 33.4 Å². The fourth-order valence-electron chi connectivity index (χ4n) is 4.53. The number of H-pyrrole nitrogens is 1. The number of thiophene rings is 1. The lowest BCUT2D eigenvalue weighted by Crippen LogP contribution is -2.36. The molecule has 1 aliphatic carbocycles. The first kappa shape index (κ1) is 17.4. The van der Waals surface area contributed by atoms with Crippen molar-refractivity contribution in [2.75, 3.05) is 13.1 Å². The number of pyridine rings is 1. The third-order valence-electron chi connectivity index (χ3n) is 5.92. The normalized spacial score (nSPS) is 23.9. The second-order valence-electron chi connectivity index (χ2n) is 7.78. The third kappa shape index (κ3) is 3.28. The number of nitrogens with one attached hydrogen (secondary N) is 2. The highest BCUT2D eigenvalue weighted by atomic mass is 32.1. The van der Waals surface area contributed by atoms with Crippen LogP contribution in [0.3, 0.4) is 0 Å². The Morgan fingerprint density at radius 1 is 1.25 bits per heavy atom. The summed E-state index contributed by atoms with van der Waals surface area (Å²) >= 11 is 1.57. The lowest BCUT2D eigenvalue weighted by atomic mass is 10.0. The zero-order valence-corrected chi connectivity index (χ0v) is 16.1. The van der Waals surface area contributed by atoms with Gasteiger partial charge in [0.05, 0.1) is 18.2 Å². The molecule has 2 aliphatic rings. The second kappa shape index (κ2) is 7.01. The molecule has 2 amide bonds. The highest BCUT2D eigenvalue weighted by Gasteiger charge is 2.42. The molecule has 1 aliphatic heterocycles. The maximum atomic E-state index is 12.6. The van der Waals surface area contributed by atoms with Crippen LogP contribution in [0.5, 0.6) is 0 Å². The van der Waals surface area contributed by atoms with Gasteiger partial charge in [0.25, 0.3) is 5.91 Å². The number of carbonyl (C=O) groups is 2. The van der Waals surface area contributed by atoms with E-state index in [0.717, 1.165) is 41.7 Å². The molecule has 4 heterocycles. The summed E-state index contributed by atoms with van der Waals surface area (Å²) in [5.74, 6) is 1.04. The smallest absolute Gasteiger partial charge is 0.253 e.